The normalized spacial score (nSPS) is 13.4. The number of aromatic amines is 1. The van der Waals surface area contributed by atoms with Gasteiger partial charge < -0.3 is 19.4 Å². The number of hydrogen-bond acceptors (Lipinski definition) is 3. The van der Waals surface area contributed by atoms with Crippen molar-refractivity contribution < 1.29 is 9.47 Å². The molecule has 0 amide bonds. The Kier molecular flexibility index (Phi) is 4.72. The van der Waals surface area contributed by atoms with Crippen LogP contribution in [-0.2, 0) is 4.74 Å². The maximum Gasteiger partial charge on any atom is 0.171 e. The lowest BCUT2D eigenvalue weighted by Gasteiger charge is -2.13. The van der Waals surface area contributed by atoms with Gasteiger partial charge >= 0.3 is 0 Å². The highest BCUT2D eigenvalue weighted by molar-refractivity contribution is 6.19. The maximum absolute atomic E-state index is 6.50. The van der Waals surface area contributed by atoms with E-state index in [1.54, 1.807) is 0 Å². The second-order valence-corrected chi connectivity index (χ2v) is 6.99. The van der Waals surface area contributed by atoms with Crippen molar-refractivity contribution in [2.24, 2.45) is 0 Å². The van der Waals surface area contributed by atoms with Crippen LogP contribution in [0.4, 0.5) is 0 Å². The van der Waals surface area contributed by atoms with E-state index in [0.717, 1.165) is 46.1 Å². The van der Waals surface area contributed by atoms with Crippen LogP contribution in [0.2, 0.25) is 0 Å². The van der Waals surface area contributed by atoms with Gasteiger partial charge in [-0.15, -0.1) is 0 Å². The number of benzene rings is 2. The molecule has 1 N–H and O–H groups in total. The molecule has 1 unspecified atom stereocenters. The lowest BCUT2D eigenvalue weighted by Crippen LogP contribution is -2.18. The van der Waals surface area contributed by atoms with Crippen molar-refractivity contribution in [1.29, 1.82) is 0 Å². The molecule has 0 spiro atoms. The molecule has 2 aromatic carbocycles. The Bertz CT molecular complexity index is 857. The third kappa shape index (κ3) is 3.23. The molecule has 4 rings (SSSR count). The molecule has 0 fully saturated rings. The van der Waals surface area contributed by atoms with Crippen LogP contribution in [0, 0.1) is 0 Å². The first-order valence-electron chi connectivity index (χ1n) is 8.63. The molecule has 1 aliphatic heterocycles. The number of rotatable bonds is 5. The Balaban J connectivity index is 1.75. The van der Waals surface area contributed by atoms with Crippen LogP contribution in [0.25, 0.3) is 22.4 Å². The number of halogens is 1. The summed E-state index contributed by atoms with van der Waals surface area (Å²) >= 11 is 6.50. The minimum Gasteiger partial charge on any atom is -0.456 e. The van der Waals surface area contributed by atoms with E-state index in [-0.39, 0.29) is 0 Å². The van der Waals surface area contributed by atoms with Crippen molar-refractivity contribution in [2.45, 2.75) is 5.56 Å². The number of ether oxygens (including phenoxy) is 2. The first-order valence-corrected chi connectivity index (χ1v) is 9.07. The molecule has 0 radical (unpaired) electrons. The number of aromatic nitrogens is 1. The Morgan fingerprint density at radius 3 is 2.38 bits per heavy atom. The van der Waals surface area contributed by atoms with Crippen LogP contribution in [0.15, 0.2) is 54.6 Å². The van der Waals surface area contributed by atoms with Gasteiger partial charge in [0.2, 0.25) is 0 Å². The average Bonchev–Trinajstić information content (AvgIpc) is 3.02. The van der Waals surface area contributed by atoms with Crippen LogP contribution in [0.1, 0.15) is 11.3 Å². The van der Waals surface area contributed by atoms with Crippen LogP contribution in [-0.4, -0.2) is 37.1 Å². The Morgan fingerprint density at radius 2 is 1.65 bits per heavy atom. The minimum atomic E-state index is -0.526. The van der Waals surface area contributed by atoms with Gasteiger partial charge in [0, 0.05) is 23.2 Å². The summed E-state index contributed by atoms with van der Waals surface area (Å²) in [7, 11) is 4.02. The number of likely N-dealkylation sites (N-methyl/N-ethyl adjacent to an activating group) is 1. The number of nitrogens with one attached hydrogen (secondary N) is 1. The largest absolute Gasteiger partial charge is 0.456 e. The zero-order valence-electron chi connectivity index (χ0n) is 14.8. The van der Waals surface area contributed by atoms with Gasteiger partial charge in [0.05, 0.1) is 18.0 Å². The molecule has 1 aliphatic rings. The van der Waals surface area contributed by atoms with E-state index < -0.39 is 5.56 Å². The second-order valence-electron chi connectivity index (χ2n) is 6.60. The Hall–Kier alpha value is -2.27. The summed E-state index contributed by atoms with van der Waals surface area (Å²) in [6, 6.07) is 18.1. The van der Waals surface area contributed by atoms with Crippen molar-refractivity contribution in [3.8, 4) is 33.9 Å². The molecule has 1 atom stereocenters. The van der Waals surface area contributed by atoms with E-state index in [4.69, 9.17) is 21.1 Å². The van der Waals surface area contributed by atoms with E-state index in [9.17, 15) is 0 Å². The van der Waals surface area contributed by atoms with Gasteiger partial charge in [0.1, 0.15) is 11.5 Å². The maximum atomic E-state index is 6.50. The molecule has 1 aromatic heterocycles. The molecule has 0 bridgehead atoms. The highest BCUT2D eigenvalue weighted by Gasteiger charge is 2.24. The van der Waals surface area contributed by atoms with E-state index >= 15 is 0 Å². The average molecular weight is 369 g/mol. The predicted molar refractivity (Wildman–Crippen MR) is 105 cm³/mol. The molecule has 26 heavy (non-hydrogen) atoms. The number of nitrogens with zero attached hydrogens (tertiary/aromatic N) is 1. The predicted octanol–water partition coefficient (Wildman–Crippen LogP) is 5.27. The monoisotopic (exact) mass is 368 g/mol. The molecule has 0 saturated heterocycles. The number of alkyl halides is 1. The first-order chi connectivity index (χ1) is 12.6. The van der Waals surface area contributed by atoms with Gasteiger partial charge in [0.25, 0.3) is 0 Å². The van der Waals surface area contributed by atoms with Gasteiger partial charge in [-0.25, -0.2) is 0 Å². The SMILES string of the molecule is CN(C)CCOC(Cl)c1cc2c([nH]1)-c1ccccc1Oc1ccccc1-2. The van der Waals surface area contributed by atoms with Gasteiger partial charge in [-0.05, 0) is 38.4 Å². The summed E-state index contributed by atoms with van der Waals surface area (Å²) in [5.74, 6) is 1.66. The minimum absolute atomic E-state index is 0.526. The topological polar surface area (TPSA) is 37.5 Å². The van der Waals surface area contributed by atoms with Gasteiger partial charge in [-0.2, -0.15) is 0 Å². The third-order valence-corrected chi connectivity index (χ3v) is 4.80. The molecule has 2 heterocycles. The fourth-order valence-electron chi connectivity index (χ4n) is 3.11. The molecule has 5 heteroatoms. The van der Waals surface area contributed by atoms with E-state index in [1.165, 1.54) is 0 Å². The smallest absolute Gasteiger partial charge is 0.171 e. The number of hydrogen-bond donors (Lipinski definition) is 1. The quantitative estimate of drug-likeness (QED) is 0.487. The van der Waals surface area contributed by atoms with Gasteiger partial charge in [-0.3, -0.25) is 0 Å². The van der Waals surface area contributed by atoms with Crippen molar-refractivity contribution >= 4 is 11.6 Å². The fourth-order valence-corrected chi connectivity index (χ4v) is 3.32. The van der Waals surface area contributed by atoms with Crippen molar-refractivity contribution in [3.05, 3.63) is 60.3 Å². The van der Waals surface area contributed by atoms with Gasteiger partial charge in [-0.1, -0.05) is 41.9 Å². The first kappa shape index (κ1) is 17.2. The second kappa shape index (κ2) is 7.16. The van der Waals surface area contributed by atoms with Crippen LogP contribution < -0.4 is 4.74 Å². The number of H-pyrrole nitrogens is 1. The standard InChI is InChI=1S/C21H21ClN2O2/c1-24(2)11-12-25-21(22)17-13-16-14-7-3-5-9-18(14)26-19-10-6-4-8-15(19)20(16)23-17/h3-10,13,21,23H,11-12H2,1-2H3. The summed E-state index contributed by atoms with van der Waals surface area (Å²) in [6.07, 6.45) is 0. The molecule has 134 valence electrons. The van der Waals surface area contributed by atoms with E-state index in [2.05, 4.69) is 28.1 Å². The molecule has 3 aromatic rings. The van der Waals surface area contributed by atoms with Gasteiger partial charge in [0.15, 0.2) is 5.56 Å². The highest BCUT2D eigenvalue weighted by Crippen LogP contribution is 2.47. The van der Waals surface area contributed by atoms with Crippen LogP contribution in [0.5, 0.6) is 11.5 Å². The van der Waals surface area contributed by atoms with Crippen molar-refractivity contribution in [3.63, 3.8) is 0 Å². The summed E-state index contributed by atoms with van der Waals surface area (Å²) in [4.78, 5) is 5.52. The Labute approximate surface area is 158 Å². The highest BCUT2D eigenvalue weighted by atomic mass is 35.5. The summed E-state index contributed by atoms with van der Waals surface area (Å²) in [6.45, 7) is 1.39. The van der Waals surface area contributed by atoms with Crippen molar-refractivity contribution in [2.75, 3.05) is 27.2 Å². The molecular formula is C21H21ClN2O2. The number of para-hydroxylation sites is 2. The molecular weight excluding hydrogens is 348 g/mol. The lowest BCUT2D eigenvalue weighted by atomic mass is 10.0. The zero-order chi connectivity index (χ0) is 18.1. The third-order valence-electron chi connectivity index (χ3n) is 4.44. The fraction of sp³-hybridized carbons (Fsp3) is 0.238. The summed E-state index contributed by atoms with van der Waals surface area (Å²) in [5.41, 5.74) is 4.45. The van der Waals surface area contributed by atoms with Crippen molar-refractivity contribution in [1.82, 2.24) is 9.88 Å². The molecule has 0 aliphatic carbocycles. The van der Waals surface area contributed by atoms with E-state index in [0.29, 0.717) is 6.61 Å². The zero-order valence-corrected chi connectivity index (χ0v) is 15.6. The molecule has 0 saturated carbocycles. The summed E-state index contributed by atoms with van der Waals surface area (Å²) in [5, 5.41) is 0. The Morgan fingerprint density at radius 1 is 1.00 bits per heavy atom. The lowest BCUT2D eigenvalue weighted by molar-refractivity contribution is 0.0919. The number of fused-ring (bicyclic) bond motifs is 5. The van der Waals surface area contributed by atoms with Crippen LogP contribution in [0.3, 0.4) is 0 Å². The summed E-state index contributed by atoms with van der Waals surface area (Å²) < 4.78 is 11.9. The van der Waals surface area contributed by atoms with E-state index in [1.807, 2.05) is 50.5 Å². The molecule has 4 nitrogen and oxygen atoms in total. The van der Waals surface area contributed by atoms with Crippen LogP contribution >= 0.6 is 11.6 Å².